The molecule has 1 atom stereocenters. The van der Waals surface area contributed by atoms with Gasteiger partial charge in [-0.3, -0.25) is 9.59 Å². The molecule has 1 heterocycles. The van der Waals surface area contributed by atoms with Crippen LogP contribution in [-0.4, -0.2) is 23.5 Å². The highest BCUT2D eigenvalue weighted by molar-refractivity contribution is 5.99. The van der Waals surface area contributed by atoms with Crippen molar-refractivity contribution < 1.29 is 23.5 Å². The normalized spacial score (nSPS) is 19.8. The highest BCUT2D eigenvalue weighted by Crippen LogP contribution is 2.29. The van der Waals surface area contributed by atoms with Crippen molar-refractivity contribution in [2.45, 2.75) is 6.42 Å². The van der Waals surface area contributed by atoms with E-state index in [-0.39, 0.29) is 13.0 Å². The zero-order chi connectivity index (χ0) is 12.6. The monoisotopic (exact) mass is 241 g/mol. The first kappa shape index (κ1) is 11.5. The molecular formula is C11H9F2NO3. The summed E-state index contributed by atoms with van der Waals surface area (Å²) in [6.45, 7) is -0.202. The Hall–Kier alpha value is -1.98. The molecule has 0 unspecified atom stereocenters. The number of nitrogens with zero attached hydrogens (tertiary/aromatic N) is 1. The average Bonchev–Trinajstić information content (AvgIpc) is 2.61. The maximum Gasteiger partial charge on any atom is 0.308 e. The Morgan fingerprint density at radius 3 is 2.41 bits per heavy atom. The smallest absolute Gasteiger partial charge is 0.308 e. The summed E-state index contributed by atoms with van der Waals surface area (Å²) >= 11 is 0. The number of anilines is 1. The van der Waals surface area contributed by atoms with Crippen LogP contribution in [0.25, 0.3) is 0 Å². The third-order valence-electron chi connectivity index (χ3n) is 2.68. The van der Waals surface area contributed by atoms with Crippen molar-refractivity contribution in [3.8, 4) is 0 Å². The van der Waals surface area contributed by atoms with Gasteiger partial charge in [0.05, 0.1) is 5.92 Å². The van der Waals surface area contributed by atoms with Crippen LogP contribution in [0.3, 0.4) is 0 Å². The van der Waals surface area contributed by atoms with E-state index in [1.807, 2.05) is 0 Å². The summed E-state index contributed by atoms with van der Waals surface area (Å²) in [5.74, 6) is -4.38. The van der Waals surface area contributed by atoms with Crippen LogP contribution in [0.2, 0.25) is 0 Å². The Morgan fingerprint density at radius 2 is 1.94 bits per heavy atom. The van der Waals surface area contributed by atoms with Gasteiger partial charge in [0.15, 0.2) is 0 Å². The zero-order valence-corrected chi connectivity index (χ0v) is 8.69. The molecule has 1 amide bonds. The van der Waals surface area contributed by atoms with Crippen molar-refractivity contribution in [2.24, 2.45) is 5.92 Å². The predicted octanol–water partition coefficient (Wildman–Crippen LogP) is 1.40. The zero-order valence-electron chi connectivity index (χ0n) is 8.69. The standard InChI is InChI=1S/C11H9F2NO3/c12-7-2-1-3-8(13)10(7)14-5-6(11(16)17)4-9(14)15/h1-3,6H,4-5H2,(H,16,17)/t6-/m1/s1. The van der Waals surface area contributed by atoms with Crippen LogP contribution in [0, 0.1) is 17.6 Å². The third kappa shape index (κ3) is 1.98. The molecule has 0 radical (unpaired) electrons. The molecule has 17 heavy (non-hydrogen) atoms. The van der Waals surface area contributed by atoms with Crippen LogP contribution in [0.15, 0.2) is 18.2 Å². The highest BCUT2D eigenvalue weighted by Gasteiger charge is 2.37. The van der Waals surface area contributed by atoms with Gasteiger partial charge < -0.3 is 10.0 Å². The number of hydrogen-bond acceptors (Lipinski definition) is 2. The molecule has 1 fully saturated rings. The molecule has 0 spiro atoms. The number of aliphatic carboxylic acids is 1. The van der Waals surface area contributed by atoms with Crippen LogP contribution in [-0.2, 0) is 9.59 Å². The van der Waals surface area contributed by atoms with Crippen molar-refractivity contribution in [1.29, 1.82) is 0 Å². The fourth-order valence-electron chi connectivity index (χ4n) is 1.84. The van der Waals surface area contributed by atoms with E-state index in [1.54, 1.807) is 0 Å². The van der Waals surface area contributed by atoms with E-state index in [2.05, 4.69) is 0 Å². The minimum absolute atomic E-state index is 0.202. The van der Waals surface area contributed by atoms with Crippen molar-refractivity contribution in [1.82, 2.24) is 0 Å². The van der Waals surface area contributed by atoms with Gasteiger partial charge in [-0.1, -0.05) is 6.07 Å². The number of benzene rings is 1. The molecule has 0 saturated carbocycles. The number of hydrogen-bond donors (Lipinski definition) is 1. The number of rotatable bonds is 2. The van der Waals surface area contributed by atoms with Crippen molar-refractivity contribution in [2.75, 3.05) is 11.4 Å². The summed E-state index contributed by atoms with van der Waals surface area (Å²) in [6, 6.07) is 3.24. The van der Waals surface area contributed by atoms with E-state index in [1.165, 1.54) is 6.07 Å². The van der Waals surface area contributed by atoms with Gasteiger partial charge >= 0.3 is 5.97 Å². The molecule has 0 bridgehead atoms. The van der Waals surface area contributed by atoms with Crippen LogP contribution in [0.1, 0.15) is 6.42 Å². The van der Waals surface area contributed by atoms with Crippen LogP contribution in [0.4, 0.5) is 14.5 Å². The molecule has 1 aliphatic heterocycles. The molecule has 0 aliphatic carbocycles. The number of carboxylic acids is 1. The van der Waals surface area contributed by atoms with E-state index >= 15 is 0 Å². The Balaban J connectivity index is 2.35. The summed E-state index contributed by atoms with van der Waals surface area (Å²) in [4.78, 5) is 23.1. The molecule has 1 aliphatic rings. The second-order valence-electron chi connectivity index (χ2n) is 3.81. The summed E-state index contributed by atoms with van der Waals surface area (Å²) in [6.07, 6.45) is -0.233. The Labute approximate surface area is 95.5 Å². The molecule has 1 aromatic carbocycles. The van der Waals surface area contributed by atoms with E-state index in [4.69, 9.17) is 5.11 Å². The first-order valence-corrected chi connectivity index (χ1v) is 4.98. The Bertz CT molecular complexity index is 469. The first-order chi connectivity index (χ1) is 8.00. The molecule has 2 rings (SSSR count). The largest absolute Gasteiger partial charge is 0.481 e. The fraction of sp³-hybridized carbons (Fsp3) is 0.273. The molecule has 1 saturated heterocycles. The summed E-state index contributed by atoms with van der Waals surface area (Å²) in [5, 5.41) is 8.77. The van der Waals surface area contributed by atoms with E-state index < -0.39 is 35.1 Å². The van der Waals surface area contributed by atoms with E-state index in [0.29, 0.717) is 0 Å². The number of halogens is 2. The number of para-hydroxylation sites is 1. The lowest BCUT2D eigenvalue weighted by Crippen LogP contribution is -2.27. The van der Waals surface area contributed by atoms with Gasteiger partial charge in [-0.25, -0.2) is 8.78 Å². The average molecular weight is 241 g/mol. The van der Waals surface area contributed by atoms with Gasteiger partial charge in [-0.15, -0.1) is 0 Å². The summed E-state index contributed by atoms with van der Waals surface area (Å²) in [5.41, 5.74) is -0.471. The van der Waals surface area contributed by atoms with Crippen LogP contribution in [0.5, 0.6) is 0 Å². The minimum Gasteiger partial charge on any atom is -0.481 e. The quantitative estimate of drug-likeness (QED) is 0.851. The molecule has 4 nitrogen and oxygen atoms in total. The fourth-order valence-corrected chi connectivity index (χ4v) is 1.84. The minimum atomic E-state index is -1.14. The maximum absolute atomic E-state index is 13.4. The number of amides is 1. The second kappa shape index (κ2) is 4.12. The second-order valence-corrected chi connectivity index (χ2v) is 3.81. The molecule has 0 aromatic heterocycles. The van der Waals surface area contributed by atoms with Gasteiger partial charge in [0.1, 0.15) is 17.3 Å². The third-order valence-corrected chi connectivity index (χ3v) is 2.68. The van der Waals surface area contributed by atoms with Crippen molar-refractivity contribution in [3.63, 3.8) is 0 Å². The molecular weight excluding hydrogens is 232 g/mol. The number of carboxylic acid groups (broad SMARTS) is 1. The lowest BCUT2D eigenvalue weighted by molar-refractivity contribution is -0.141. The number of carbonyl (C=O) groups excluding carboxylic acids is 1. The van der Waals surface area contributed by atoms with Gasteiger partial charge in [0, 0.05) is 13.0 Å². The highest BCUT2D eigenvalue weighted by atomic mass is 19.1. The van der Waals surface area contributed by atoms with Gasteiger partial charge in [-0.05, 0) is 12.1 Å². The Kier molecular flexibility index (Phi) is 2.79. The van der Waals surface area contributed by atoms with Crippen LogP contribution < -0.4 is 4.90 Å². The van der Waals surface area contributed by atoms with Crippen molar-refractivity contribution in [3.05, 3.63) is 29.8 Å². The summed E-state index contributed by atoms with van der Waals surface area (Å²) < 4.78 is 26.8. The van der Waals surface area contributed by atoms with Gasteiger partial charge in [0.2, 0.25) is 5.91 Å². The Morgan fingerprint density at radius 1 is 1.35 bits per heavy atom. The topological polar surface area (TPSA) is 57.6 Å². The SMILES string of the molecule is O=C(O)[C@@H]1CC(=O)N(c2c(F)cccc2F)C1. The van der Waals surface area contributed by atoms with Gasteiger partial charge in [0.25, 0.3) is 0 Å². The lowest BCUT2D eigenvalue weighted by atomic mass is 10.1. The lowest BCUT2D eigenvalue weighted by Gasteiger charge is -2.17. The predicted molar refractivity (Wildman–Crippen MR) is 54.5 cm³/mol. The first-order valence-electron chi connectivity index (χ1n) is 4.98. The molecule has 90 valence electrons. The van der Waals surface area contributed by atoms with Crippen molar-refractivity contribution >= 4 is 17.6 Å². The van der Waals surface area contributed by atoms with Gasteiger partial charge in [-0.2, -0.15) is 0 Å². The maximum atomic E-state index is 13.4. The summed E-state index contributed by atoms with van der Waals surface area (Å²) in [7, 11) is 0. The molecule has 1 aromatic rings. The molecule has 6 heteroatoms. The molecule has 1 N–H and O–H groups in total. The van der Waals surface area contributed by atoms with E-state index in [9.17, 15) is 18.4 Å². The van der Waals surface area contributed by atoms with E-state index in [0.717, 1.165) is 17.0 Å². The van der Waals surface area contributed by atoms with Crippen LogP contribution >= 0.6 is 0 Å². The number of carbonyl (C=O) groups is 2.